The molecule has 0 aliphatic carbocycles. The molecule has 11 amide bonds. The fourth-order valence-electron chi connectivity index (χ4n) is 11.8. The predicted octanol–water partition coefficient (Wildman–Crippen LogP) is 4.77. The monoisotopic (exact) mass is 1350 g/mol. The maximum atomic E-state index is 15.4. The Morgan fingerprint density at radius 1 is 0.510 bits per heavy atom. The number of hydrogen-bond donors (Lipinski definition) is 5. The molecule has 0 radical (unpaired) electrons. The summed E-state index contributed by atoms with van der Waals surface area (Å²) in [4.78, 5) is 183. The van der Waals surface area contributed by atoms with Crippen molar-refractivity contribution < 1.29 is 67.4 Å². The largest absolute Gasteiger partial charge is 0.461 e. The molecule has 25 heteroatoms. The van der Waals surface area contributed by atoms with E-state index in [0.29, 0.717) is 6.42 Å². The van der Waals surface area contributed by atoms with Crippen LogP contribution in [0.4, 0.5) is 0 Å². The zero-order valence-corrected chi connectivity index (χ0v) is 61.9. The molecule has 542 valence electrons. The minimum absolute atomic E-state index is 0.0208. The van der Waals surface area contributed by atoms with Crippen molar-refractivity contribution in [3.8, 4) is 0 Å². The Kier molecular flexibility index (Phi) is 35.0. The van der Waals surface area contributed by atoms with E-state index in [-0.39, 0.29) is 75.2 Å². The van der Waals surface area contributed by atoms with Gasteiger partial charge in [0.15, 0.2) is 0 Å². The molecule has 1 aromatic carbocycles. The van der Waals surface area contributed by atoms with Crippen molar-refractivity contribution in [3.05, 3.63) is 48.0 Å². The van der Waals surface area contributed by atoms with Crippen LogP contribution in [-0.4, -0.2) is 233 Å². The van der Waals surface area contributed by atoms with E-state index in [4.69, 9.17) is 4.74 Å². The van der Waals surface area contributed by atoms with Crippen molar-refractivity contribution in [1.82, 2.24) is 55.6 Å². The molecule has 0 bridgehead atoms. The van der Waals surface area contributed by atoms with E-state index < -0.39 is 162 Å². The average Bonchev–Trinajstić information content (AvgIpc) is 0.810. The van der Waals surface area contributed by atoms with E-state index in [1.165, 1.54) is 87.7 Å². The van der Waals surface area contributed by atoms with Crippen LogP contribution >= 0.6 is 0 Å². The van der Waals surface area contributed by atoms with Crippen LogP contribution in [0, 0.1) is 41.4 Å². The van der Waals surface area contributed by atoms with Gasteiger partial charge in [-0.3, -0.25) is 57.5 Å². The van der Waals surface area contributed by atoms with Gasteiger partial charge in [0.1, 0.15) is 67.0 Å². The smallest absolute Gasteiger partial charge is 0.306 e. The van der Waals surface area contributed by atoms with Crippen LogP contribution in [0.3, 0.4) is 0 Å². The maximum absolute atomic E-state index is 15.4. The molecule has 0 unspecified atom stereocenters. The number of nitrogens with one attached hydrogen (secondary N) is 4. The third-order valence-corrected chi connectivity index (χ3v) is 17.8. The van der Waals surface area contributed by atoms with Gasteiger partial charge in [-0.05, 0) is 106 Å². The lowest BCUT2D eigenvalue weighted by molar-refractivity contribution is -0.157. The second kappa shape index (κ2) is 39.7. The van der Waals surface area contributed by atoms with Crippen LogP contribution in [0.5, 0.6) is 0 Å². The van der Waals surface area contributed by atoms with Gasteiger partial charge < -0.3 is 65.4 Å². The summed E-state index contributed by atoms with van der Waals surface area (Å²) in [6.45, 7) is 27.4. The summed E-state index contributed by atoms with van der Waals surface area (Å²) < 4.78 is 5.42. The van der Waals surface area contributed by atoms with Crippen LogP contribution in [0.1, 0.15) is 168 Å². The number of ether oxygens (including phenoxy) is 1. The van der Waals surface area contributed by atoms with Gasteiger partial charge in [0.2, 0.25) is 65.0 Å². The maximum Gasteiger partial charge on any atom is 0.306 e. The standard InChI is InChI=1S/C71H119N11O14/c1-24-51-67(91)76(17)39-56(83)77(18)52(35-41(2)3)64(88)75-58(45(10)11)70(94)78(19)53(36-42(4)5)63(87)72-48(15)62(86)73-49(16)66(90)79(20)54(37-43(6)7)68(92)80(21)55(38-44(8)9)69(93)81(22)59(46(12)13)71(95)82(23)60(65(89)74-51)61(85)47(14)31-27-25-30-34-57(84)96-40-50-32-28-26-29-33-50/h25-29,32-33,41-49,51-55,58-61,85H,24,30-31,34-40H2,1-23H3,(H,72,87)(H,73,86)(H,74,89)(H,75,88)/b27-25+/t47-,48+,49-,51+,52+,53+,54+,55+,58+,59+,60+,61-/m1/s1. The molecular weight excluding hydrogens is 1230 g/mol. The molecule has 1 aromatic rings. The van der Waals surface area contributed by atoms with Crippen LogP contribution in [0.15, 0.2) is 42.5 Å². The number of hydrogen-bond acceptors (Lipinski definition) is 14. The number of allylic oxidation sites excluding steroid dienone is 2. The van der Waals surface area contributed by atoms with Gasteiger partial charge in [-0.25, -0.2) is 0 Å². The van der Waals surface area contributed by atoms with Crippen LogP contribution in [0.25, 0.3) is 0 Å². The molecule has 1 saturated heterocycles. The number of benzene rings is 1. The van der Waals surface area contributed by atoms with Crippen molar-refractivity contribution in [2.45, 2.75) is 235 Å². The Balaban J connectivity index is 2.93. The highest BCUT2D eigenvalue weighted by Gasteiger charge is 2.46. The Bertz CT molecular complexity index is 2810. The van der Waals surface area contributed by atoms with E-state index in [9.17, 15) is 43.5 Å². The number of aliphatic hydroxyl groups excluding tert-OH is 1. The van der Waals surface area contributed by atoms with Gasteiger partial charge in [-0.15, -0.1) is 0 Å². The van der Waals surface area contributed by atoms with Crippen molar-refractivity contribution >= 4 is 70.9 Å². The summed E-state index contributed by atoms with van der Waals surface area (Å²) in [6.07, 6.45) is 2.91. The fraction of sp³-hybridized carbons (Fsp3) is 0.718. The second-order valence-corrected chi connectivity index (χ2v) is 28.7. The summed E-state index contributed by atoms with van der Waals surface area (Å²) in [5, 5.41) is 23.4. The SMILES string of the molecule is CC[C@@H]1NC(=O)[C@H]([C@H](O)[C@H](C)C/C=C/CCC(=O)OCc2ccccc2)N(C)C(=O)[C@H](C(C)C)N(C)C(=O)[C@H](CC(C)C)N(C)C(=O)[C@H](CC(C)C)N(C)C(=O)[C@@H](C)NC(=O)[C@H](C)NC(=O)[C@H](CC(C)C)N(C)C(=O)[C@H](C(C)C)NC(=O)[C@H](CC(C)C)N(C)C(=O)CN(C)C1=O. The lowest BCUT2D eigenvalue weighted by Crippen LogP contribution is -2.63. The number of likely N-dealkylation sites (N-methyl/N-ethyl adjacent to an activating group) is 7. The summed E-state index contributed by atoms with van der Waals surface area (Å²) in [6, 6.07) is -3.48. The van der Waals surface area contributed by atoms with Gasteiger partial charge >= 0.3 is 5.97 Å². The number of nitrogens with zero attached hydrogens (tertiary/aromatic N) is 7. The van der Waals surface area contributed by atoms with Crippen molar-refractivity contribution in [3.63, 3.8) is 0 Å². The molecule has 2 rings (SSSR count). The number of carbonyl (C=O) groups is 12. The first-order valence-electron chi connectivity index (χ1n) is 34.2. The van der Waals surface area contributed by atoms with Crippen molar-refractivity contribution in [1.29, 1.82) is 0 Å². The lowest BCUT2D eigenvalue weighted by atomic mass is 9.91. The third-order valence-electron chi connectivity index (χ3n) is 17.8. The number of rotatable bonds is 20. The quantitative estimate of drug-likeness (QED) is 0.0868. The van der Waals surface area contributed by atoms with Gasteiger partial charge in [0.25, 0.3) is 0 Å². The molecule has 1 heterocycles. The first kappa shape index (κ1) is 84.6. The normalized spacial score (nSPS) is 25.1. The van der Waals surface area contributed by atoms with E-state index in [0.717, 1.165) is 15.4 Å². The number of carbonyl (C=O) groups excluding carboxylic acids is 12. The van der Waals surface area contributed by atoms with Gasteiger partial charge in [-0.1, -0.05) is 139 Å². The molecule has 25 nitrogen and oxygen atoms in total. The summed E-state index contributed by atoms with van der Waals surface area (Å²) in [5.41, 5.74) is 0.837. The molecule has 1 fully saturated rings. The lowest BCUT2D eigenvalue weighted by Gasteiger charge is -2.41. The number of amides is 11. The molecule has 5 N–H and O–H groups in total. The molecule has 0 spiro atoms. The Morgan fingerprint density at radius 3 is 1.47 bits per heavy atom. The fourth-order valence-corrected chi connectivity index (χ4v) is 11.8. The molecule has 0 saturated carbocycles. The van der Waals surface area contributed by atoms with E-state index >= 15 is 19.2 Å². The Morgan fingerprint density at radius 2 is 0.969 bits per heavy atom. The molecule has 0 aromatic heterocycles. The van der Waals surface area contributed by atoms with Gasteiger partial charge in [0, 0.05) is 55.8 Å². The van der Waals surface area contributed by atoms with E-state index in [1.807, 2.05) is 85.7 Å². The minimum Gasteiger partial charge on any atom is -0.461 e. The third kappa shape index (κ3) is 24.9. The predicted molar refractivity (Wildman–Crippen MR) is 368 cm³/mol. The zero-order chi connectivity index (χ0) is 73.5. The topological polar surface area (TPSA) is 305 Å². The zero-order valence-electron chi connectivity index (χ0n) is 61.9. The number of esters is 1. The van der Waals surface area contributed by atoms with Crippen LogP contribution in [-0.2, 0) is 68.9 Å². The average molecular weight is 1350 g/mol. The Hall–Kier alpha value is -7.44. The van der Waals surface area contributed by atoms with Crippen LogP contribution in [0.2, 0.25) is 0 Å². The molecule has 1 aliphatic rings. The summed E-state index contributed by atoms with van der Waals surface area (Å²) in [7, 11) is 9.82. The highest BCUT2D eigenvalue weighted by molar-refractivity contribution is 5.99. The minimum atomic E-state index is -1.71. The van der Waals surface area contributed by atoms with Gasteiger partial charge in [-0.2, -0.15) is 0 Å². The van der Waals surface area contributed by atoms with Crippen molar-refractivity contribution in [2.24, 2.45) is 41.4 Å². The van der Waals surface area contributed by atoms with Gasteiger partial charge in [0.05, 0.1) is 12.6 Å². The highest BCUT2D eigenvalue weighted by atomic mass is 16.5. The first-order chi connectivity index (χ1) is 44.6. The van der Waals surface area contributed by atoms with E-state index in [1.54, 1.807) is 53.7 Å². The van der Waals surface area contributed by atoms with E-state index in [2.05, 4.69) is 21.3 Å². The molecule has 1 aliphatic heterocycles. The molecular formula is C71H119N11O14. The first-order valence-corrected chi connectivity index (χ1v) is 34.2. The van der Waals surface area contributed by atoms with Crippen LogP contribution < -0.4 is 21.3 Å². The molecule has 12 atom stereocenters. The Labute approximate surface area is 572 Å². The highest BCUT2D eigenvalue weighted by Crippen LogP contribution is 2.26. The molecule has 96 heavy (non-hydrogen) atoms. The second-order valence-electron chi connectivity index (χ2n) is 28.7. The number of aliphatic hydroxyl groups is 1. The summed E-state index contributed by atoms with van der Waals surface area (Å²) in [5.74, 6) is -10.7. The summed E-state index contributed by atoms with van der Waals surface area (Å²) >= 11 is 0. The van der Waals surface area contributed by atoms with Crippen molar-refractivity contribution in [2.75, 3.05) is 55.9 Å².